The first-order valence-corrected chi connectivity index (χ1v) is 11.3. The Balaban J connectivity index is 1.49. The average molecular weight is 421 g/mol. The Morgan fingerprint density at radius 1 is 1.29 bits per heavy atom. The molecule has 0 radical (unpaired) electrons. The third kappa shape index (κ3) is 5.46. The van der Waals surface area contributed by atoms with Crippen LogP contribution in [0.15, 0.2) is 23.6 Å². The van der Waals surface area contributed by atoms with Crippen molar-refractivity contribution in [1.29, 1.82) is 0 Å². The summed E-state index contributed by atoms with van der Waals surface area (Å²) in [7, 11) is 0. The van der Waals surface area contributed by atoms with Gasteiger partial charge in [0.15, 0.2) is 0 Å². The van der Waals surface area contributed by atoms with Gasteiger partial charge >= 0.3 is 0 Å². The third-order valence-corrected chi connectivity index (χ3v) is 6.50. The molecule has 0 aliphatic carbocycles. The largest absolute Gasteiger partial charge is 0.337 e. The van der Waals surface area contributed by atoms with E-state index < -0.39 is 0 Å². The number of carbonyl (C=O) groups excluding carboxylic acids is 1. The minimum atomic E-state index is 0.0506. The monoisotopic (exact) mass is 420 g/mol. The van der Waals surface area contributed by atoms with E-state index in [1.807, 2.05) is 33.9 Å². The van der Waals surface area contributed by atoms with Crippen molar-refractivity contribution in [2.75, 3.05) is 32.7 Å². The predicted molar refractivity (Wildman–Crippen MR) is 117 cm³/mol. The van der Waals surface area contributed by atoms with Crippen molar-refractivity contribution >= 4 is 34.9 Å². The van der Waals surface area contributed by atoms with Gasteiger partial charge in [0.2, 0.25) is 5.91 Å². The zero-order valence-electron chi connectivity index (χ0n) is 16.7. The molecule has 1 saturated heterocycles. The molecule has 7 heteroatoms. The highest BCUT2D eigenvalue weighted by Crippen LogP contribution is 2.22. The number of amides is 1. The van der Waals surface area contributed by atoms with Crippen LogP contribution in [0.3, 0.4) is 0 Å². The number of rotatable bonds is 8. The predicted octanol–water partition coefficient (Wildman–Crippen LogP) is 4.11. The maximum absolute atomic E-state index is 12.6. The fourth-order valence-electron chi connectivity index (χ4n) is 3.39. The maximum atomic E-state index is 12.6. The molecule has 5 nitrogen and oxygen atoms in total. The van der Waals surface area contributed by atoms with Crippen molar-refractivity contribution in [3.63, 3.8) is 0 Å². The second kappa shape index (κ2) is 10.2. The Hall–Kier alpha value is -1.63. The molecule has 28 heavy (non-hydrogen) atoms. The van der Waals surface area contributed by atoms with Crippen LogP contribution in [0.25, 0.3) is 6.08 Å². The molecule has 1 amide bonds. The van der Waals surface area contributed by atoms with E-state index >= 15 is 0 Å². The molecule has 3 heterocycles. The molecule has 1 aliphatic rings. The molecule has 0 atom stereocenters. The van der Waals surface area contributed by atoms with E-state index in [2.05, 4.69) is 34.4 Å². The van der Waals surface area contributed by atoms with Gasteiger partial charge in [-0.15, -0.1) is 11.3 Å². The second-order valence-corrected chi connectivity index (χ2v) is 8.59. The summed E-state index contributed by atoms with van der Waals surface area (Å²) >= 11 is 8.26. The Bertz CT molecular complexity index is 792. The zero-order chi connectivity index (χ0) is 19.9. The van der Waals surface area contributed by atoms with Gasteiger partial charge in [0.05, 0.1) is 5.69 Å². The smallest absolute Gasteiger partial charge is 0.246 e. The van der Waals surface area contributed by atoms with Crippen LogP contribution in [-0.4, -0.2) is 58.2 Å². The van der Waals surface area contributed by atoms with Crippen molar-refractivity contribution in [1.82, 2.24) is 19.6 Å². The highest BCUT2D eigenvalue weighted by molar-refractivity contribution is 7.09. The SMILES string of the molecule is CCCCn1nc(C)c(/C=C/C(=O)N2CCN(CCc3cccs3)CC2)c1Cl. The molecule has 0 spiro atoms. The summed E-state index contributed by atoms with van der Waals surface area (Å²) in [6, 6.07) is 4.29. The van der Waals surface area contributed by atoms with Crippen LogP contribution in [0.4, 0.5) is 0 Å². The van der Waals surface area contributed by atoms with Gasteiger partial charge in [0, 0.05) is 55.8 Å². The number of aromatic nitrogens is 2. The van der Waals surface area contributed by atoms with Crippen molar-refractivity contribution in [2.24, 2.45) is 0 Å². The number of halogens is 1. The number of thiophene rings is 1. The standard InChI is InChI=1S/C21H29ClN4OS/c1-3-4-10-26-21(22)19(17(2)23-26)7-8-20(27)25-14-12-24(13-15-25)11-9-18-6-5-16-28-18/h5-8,16H,3-4,9-15H2,1-2H3/b8-7+. The Kier molecular flexibility index (Phi) is 7.71. The molecule has 0 aromatic carbocycles. The van der Waals surface area contributed by atoms with E-state index in [9.17, 15) is 4.79 Å². The quantitative estimate of drug-likeness (QED) is 0.603. The fourth-order valence-corrected chi connectivity index (χ4v) is 4.41. The van der Waals surface area contributed by atoms with Crippen molar-refractivity contribution in [3.8, 4) is 0 Å². The van der Waals surface area contributed by atoms with Crippen molar-refractivity contribution in [3.05, 3.63) is 44.9 Å². The first kappa shape index (κ1) is 21.1. The van der Waals surface area contributed by atoms with Crippen LogP contribution in [0.5, 0.6) is 0 Å². The minimum Gasteiger partial charge on any atom is -0.337 e. The van der Waals surface area contributed by atoms with E-state index in [1.165, 1.54) is 4.88 Å². The minimum absolute atomic E-state index is 0.0506. The lowest BCUT2D eigenvalue weighted by Crippen LogP contribution is -2.48. The number of carbonyl (C=O) groups is 1. The molecule has 1 aliphatic heterocycles. The van der Waals surface area contributed by atoms with E-state index in [1.54, 1.807) is 6.08 Å². The maximum Gasteiger partial charge on any atom is 0.246 e. The molecule has 2 aromatic rings. The second-order valence-electron chi connectivity index (χ2n) is 7.20. The first-order chi connectivity index (χ1) is 13.6. The van der Waals surface area contributed by atoms with Crippen LogP contribution in [0, 0.1) is 6.92 Å². The number of aryl methyl sites for hydroxylation is 2. The summed E-state index contributed by atoms with van der Waals surface area (Å²) in [5, 5.41) is 7.24. The van der Waals surface area contributed by atoms with Gasteiger partial charge in [-0.2, -0.15) is 5.10 Å². The highest BCUT2D eigenvalue weighted by Gasteiger charge is 2.20. The van der Waals surface area contributed by atoms with Gasteiger partial charge in [0.1, 0.15) is 5.15 Å². The summed E-state index contributed by atoms with van der Waals surface area (Å²) in [4.78, 5) is 18.4. The average Bonchev–Trinajstić information content (AvgIpc) is 3.32. The molecule has 0 N–H and O–H groups in total. The lowest BCUT2D eigenvalue weighted by molar-refractivity contribution is -0.127. The van der Waals surface area contributed by atoms with Crippen LogP contribution in [0.1, 0.15) is 35.9 Å². The van der Waals surface area contributed by atoms with E-state index in [4.69, 9.17) is 11.6 Å². The summed E-state index contributed by atoms with van der Waals surface area (Å²) in [6.45, 7) is 9.36. The van der Waals surface area contributed by atoms with Gasteiger partial charge in [-0.3, -0.25) is 14.4 Å². The highest BCUT2D eigenvalue weighted by atomic mass is 35.5. The fraction of sp³-hybridized carbons (Fsp3) is 0.524. The Morgan fingerprint density at radius 3 is 2.75 bits per heavy atom. The molecule has 1 fully saturated rings. The Morgan fingerprint density at radius 2 is 2.07 bits per heavy atom. The zero-order valence-corrected chi connectivity index (χ0v) is 18.3. The number of hydrogen-bond donors (Lipinski definition) is 0. The van der Waals surface area contributed by atoms with Gasteiger partial charge in [-0.1, -0.05) is 31.0 Å². The van der Waals surface area contributed by atoms with Crippen molar-refractivity contribution < 1.29 is 4.79 Å². The lowest BCUT2D eigenvalue weighted by atomic mass is 10.2. The molecule has 3 rings (SSSR count). The van der Waals surface area contributed by atoms with E-state index in [0.717, 1.165) is 69.8 Å². The van der Waals surface area contributed by atoms with Crippen LogP contribution in [-0.2, 0) is 17.8 Å². The van der Waals surface area contributed by atoms with E-state index in [-0.39, 0.29) is 5.91 Å². The lowest BCUT2D eigenvalue weighted by Gasteiger charge is -2.34. The molecule has 2 aromatic heterocycles. The number of piperazine rings is 1. The van der Waals surface area contributed by atoms with Gasteiger partial charge in [0.25, 0.3) is 0 Å². The van der Waals surface area contributed by atoms with Crippen LogP contribution >= 0.6 is 22.9 Å². The number of hydrogen-bond acceptors (Lipinski definition) is 4. The van der Waals surface area contributed by atoms with Gasteiger partial charge < -0.3 is 4.90 Å². The molecule has 0 bridgehead atoms. The summed E-state index contributed by atoms with van der Waals surface area (Å²) < 4.78 is 1.83. The normalized spacial score (nSPS) is 15.6. The molecule has 0 saturated carbocycles. The Labute approximate surface area is 176 Å². The summed E-state index contributed by atoms with van der Waals surface area (Å²) in [5.41, 5.74) is 1.71. The topological polar surface area (TPSA) is 41.4 Å². The van der Waals surface area contributed by atoms with Gasteiger partial charge in [-0.25, -0.2) is 0 Å². The van der Waals surface area contributed by atoms with E-state index in [0.29, 0.717) is 5.15 Å². The summed E-state index contributed by atoms with van der Waals surface area (Å²) in [5.74, 6) is 0.0506. The van der Waals surface area contributed by atoms with Crippen molar-refractivity contribution in [2.45, 2.75) is 39.7 Å². The third-order valence-electron chi connectivity index (χ3n) is 5.16. The first-order valence-electron chi connectivity index (χ1n) is 10.0. The van der Waals surface area contributed by atoms with Gasteiger partial charge in [-0.05, 0) is 37.3 Å². The summed E-state index contributed by atoms with van der Waals surface area (Å²) in [6.07, 6.45) is 6.68. The molecule has 0 unspecified atom stereocenters. The molecular formula is C21H29ClN4OS. The molecule has 152 valence electrons. The number of unbranched alkanes of at least 4 members (excludes halogenated alkanes) is 1. The van der Waals surface area contributed by atoms with Crippen LogP contribution < -0.4 is 0 Å². The molecular weight excluding hydrogens is 392 g/mol. The number of nitrogens with zero attached hydrogens (tertiary/aromatic N) is 4. The van der Waals surface area contributed by atoms with Crippen LogP contribution in [0.2, 0.25) is 5.15 Å².